The fourth-order valence-corrected chi connectivity index (χ4v) is 4.64. The molecular formula is C22H21F3N4O3S. The van der Waals surface area contributed by atoms with Crippen LogP contribution >= 0.6 is 11.8 Å². The van der Waals surface area contributed by atoms with E-state index in [1.165, 1.54) is 17.2 Å². The number of hydrogen-bond acceptors (Lipinski definition) is 5. The molecule has 1 aromatic carbocycles. The third-order valence-corrected chi connectivity index (χ3v) is 6.52. The summed E-state index contributed by atoms with van der Waals surface area (Å²) < 4.78 is 39.1. The molecular weight excluding hydrogens is 457 g/mol. The highest BCUT2D eigenvalue weighted by Gasteiger charge is 2.35. The molecule has 11 heteroatoms. The predicted octanol–water partition coefficient (Wildman–Crippen LogP) is 3.80. The van der Waals surface area contributed by atoms with Crippen molar-refractivity contribution >= 4 is 40.9 Å². The molecule has 0 bridgehead atoms. The van der Waals surface area contributed by atoms with Crippen LogP contribution in [0.5, 0.6) is 0 Å². The first kappa shape index (κ1) is 23.1. The summed E-state index contributed by atoms with van der Waals surface area (Å²) in [4.78, 5) is 44.8. The summed E-state index contributed by atoms with van der Waals surface area (Å²) in [5, 5.41) is 2.25. The number of thioether (sulfide) groups is 1. The number of rotatable bonds is 4. The summed E-state index contributed by atoms with van der Waals surface area (Å²) >= 11 is 1.14. The maximum Gasteiger partial charge on any atom is 0.416 e. The molecule has 1 fully saturated rings. The van der Waals surface area contributed by atoms with E-state index in [1.54, 1.807) is 24.0 Å². The lowest BCUT2D eigenvalue weighted by Crippen LogP contribution is -2.45. The van der Waals surface area contributed by atoms with Gasteiger partial charge in [-0.25, -0.2) is 4.98 Å². The van der Waals surface area contributed by atoms with Gasteiger partial charge in [0.05, 0.1) is 32.8 Å². The molecule has 1 N–H and O–H groups in total. The molecule has 0 radical (unpaired) electrons. The topological polar surface area (TPSA) is 82.6 Å². The van der Waals surface area contributed by atoms with Crippen molar-refractivity contribution in [2.45, 2.75) is 36.2 Å². The molecule has 3 amide bonds. The number of halogens is 3. The van der Waals surface area contributed by atoms with Crippen LogP contribution in [-0.2, 0) is 15.8 Å². The Morgan fingerprint density at radius 3 is 2.52 bits per heavy atom. The fourth-order valence-electron chi connectivity index (χ4n) is 3.79. The molecule has 33 heavy (non-hydrogen) atoms. The zero-order chi connectivity index (χ0) is 23.8. The Kier molecular flexibility index (Phi) is 6.33. The van der Waals surface area contributed by atoms with E-state index in [1.807, 2.05) is 0 Å². The van der Waals surface area contributed by atoms with Crippen LogP contribution in [-0.4, -0.2) is 52.5 Å². The van der Waals surface area contributed by atoms with Crippen molar-refractivity contribution in [3.63, 3.8) is 0 Å². The van der Waals surface area contributed by atoms with Gasteiger partial charge in [-0.1, -0.05) is 11.8 Å². The summed E-state index contributed by atoms with van der Waals surface area (Å²) in [5.41, 5.74) is -0.289. The van der Waals surface area contributed by atoms with E-state index >= 15 is 0 Å². The number of alkyl halides is 3. The van der Waals surface area contributed by atoms with Gasteiger partial charge in [0, 0.05) is 19.3 Å². The first-order valence-electron chi connectivity index (χ1n) is 10.4. The zero-order valence-electron chi connectivity index (χ0n) is 17.7. The molecule has 7 nitrogen and oxygen atoms in total. The third kappa shape index (κ3) is 4.97. The molecule has 0 spiro atoms. The van der Waals surface area contributed by atoms with Crippen molar-refractivity contribution in [2.24, 2.45) is 0 Å². The van der Waals surface area contributed by atoms with E-state index in [2.05, 4.69) is 10.3 Å². The van der Waals surface area contributed by atoms with Gasteiger partial charge >= 0.3 is 6.18 Å². The minimum absolute atomic E-state index is 0.0606. The standard InChI is InChI=1S/C22H21F3N4O3S/c1-13(33-19-7-4-14(11-26-19)21(32)28-8-2-3-9-28)20(31)29-12-18(30)27-16-10-15(22(23,24)25)5-6-17(16)29/h4-7,10-11,13H,2-3,8-9,12H2,1H3,(H,27,30). The Balaban J connectivity index is 1.47. The monoisotopic (exact) mass is 478 g/mol. The van der Waals surface area contributed by atoms with E-state index in [4.69, 9.17) is 0 Å². The van der Waals surface area contributed by atoms with Gasteiger partial charge in [-0.05, 0) is 50.1 Å². The normalized spacial score (nSPS) is 16.9. The number of anilines is 2. The quantitative estimate of drug-likeness (QED) is 0.676. The number of benzene rings is 1. The van der Waals surface area contributed by atoms with Gasteiger partial charge in [-0.2, -0.15) is 13.2 Å². The van der Waals surface area contributed by atoms with Crippen LogP contribution in [0.1, 0.15) is 35.7 Å². The van der Waals surface area contributed by atoms with Gasteiger partial charge < -0.3 is 10.2 Å². The summed E-state index contributed by atoms with van der Waals surface area (Å²) in [7, 11) is 0. The maximum atomic E-state index is 13.1. The second-order valence-corrected chi connectivity index (χ2v) is 9.21. The van der Waals surface area contributed by atoms with Crippen molar-refractivity contribution in [3.8, 4) is 0 Å². The van der Waals surface area contributed by atoms with Crippen molar-refractivity contribution in [2.75, 3.05) is 29.9 Å². The number of aromatic nitrogens is 1. The van der Waals surface area contributed by atoms with E-state index in [0.717, 1.165) is 49.8 Å². The van der Waals surface area contributed by atoms with E-state index in [0.29, 0.717) is 10.6 Å². The Morgan fingerprint density at radius 1 is 1.15 bits per heavy atom. The van der Waals surface area contributed by atoms with E-state index in [-0.39, 0.29) is 23.8 Å². The van der Waals surface area contributed by atoms with Crippen molar-refractivity contribution in [1.29, 1.82) is 0 Å². The molecule has 2 aliphatic rings. The fraction of sp³-hybridized carbons (Fsp3) is 0.364. The lowest BCUT2D eigenvalue weighted by Gasteiger charge is -2.31. The molecule has 4 rings (SSSR count). The Morgan fingerprint density at radius 2 is 1.88 bits per heavy atom. The molecule has 1 saturated heterocycles. The Hall–Kier alpha value is -3.08. The second kappa shape index (κ2) is 9.05. The molecule has 2 aliphatic heterocycles. The third-order valence-electron chi connectivity index (χ3n) is 5.48. The largest absolute Gasteiger partial charge is 0.416 e. The molecule has 3 heterocycles. The number of pyridine rings is 1. The highest BCUT2D eigenvalue weighted by atomic mass is 32.2. The van der Waals surface area contributed by atoms with Crippen LogP contribution in [0.2, 0.25) is 0 Å². The lowest BCUT2D eigenvalue weighted by molar-refractivity contribution is -0.137. The Bertz CT molecular complexity index is 1090. The first-order chi connectivity index (χ1) is 15.6. The van der Waals surface area contributed by atoms with Gasteiger partial charge in [-0.15, -0.1) is 0 Å². The molecule has 0 saturated carbocycles. The number of nitrogens with one attached hydrogen (secondary N) is 1. The van der Waals surface area contributed by atoms with Crippen molar-refractivity contribution in [3.05, 3.63) is 47.7 Å². The SMILES string of the molecule is CC(Sc1ccc(C(=O)N2CCCC2)cn1)C(=O)N1CC(=O)Nc2cc(C(F)(F)F)ccc21. The van der Waals surface area contributed by atoms with Crippen LogP contribution in [0.4, 0.5) is 24.5 Å². The van der Waals surface area contributed by atoms with Crippen LogP contribution in [0.15, 0.2) is 41.6 Å². The molecule has 174 valence electrons. The van der Waals surface area contributed by atoms with Gasteiger partial charge in [0.15, 0.2) is 0 Å². The number of amides is 3. The number of carbonyl (C=O) groups is 3. The van der Waals surface area contributed by atoms with Crippen LogP contribution < -0.4 is 10.2 Å². The Labute approximate surface area is 192 Å². The molecule has 1 unspecified atom stereocenters. The smallest absolute Gasteiger partial charge is 0.339 e. The first-order valence-corrected chi connectivity index (χ1v) is 11.3. The van der Waals surface area contributed by atoms with Gasteiger partial charge in [0.2, 0.25) is 11.8 Å². The maximum absolute atomic E-state index is 13.1. The van der Waals surface area contributed by atoms with Crippen molar-refractivity contribution in [1.82, 2.24) is 9.88 Å². The molecule has 1 aromatic heterocycles. The van der Waals surface area contributed by atoms with Gasteiger partial charge in [-0.3, -0.25) is 19.3 Å². The summed E-state index contributed by atoms with van der Waals surface area (Å²) in [6, 6.07) is 6.21. The summed E-state index contributed by atoms with van der Waals surface area (Å²) in [6.07, 6.45) is -1.12. The summed E-state index contributed by atoms with van der Waals surface area (Å²) in [5.74, 6) is -1.08. The number of likely N-dealkylation sites (tertiary alicyclic amines) is 1. The minimum atomic E-state index is -4.57. The van der Waals surface area contributed by atoms with Gasteiger partial charge in [0.25, 0.3) is 5.91 Å². The predicted molar refractivity (Wildman–Crippen MR) is 117 cm³/mol. The number of fused-ring (bicyclic) bond motifs is 1. The van der Waals surface area contributed by atoms with Crippen molar-refractivity contribution < 1.29 is 27.6 Å². The van der Waals surface area contributed by atoms with Crippen LogP contribution in [0.3, 0.4) is 0 Å². The molecule has 1 atom stereocenters. The van der Waals surface area contributed by atoms with E-state index in [9.17, 15) is 27.6 Å². The zero-order valence-corrected chi connectivity index (χ0v) is 18.5. The van der Waals surface area contributed by atoms with Crippen LogP contribution in [0, 0.1) is 0 Å². The molecule has 0 aliphatic carbocycles. The van der Waals surface area contributed by atoms with Crippen LogP contribution in [0.25, 0.3) is 0 Å². The van der Waals surface area contributed by atoms with E-state index < -0.39 is 28.8 Å². The average Bonchev–Trinajstić information content (AvgIpc) is 3.32. The highest BCUT2D eigenvalue weighted by Crippen LogP contribution is 2.38. The highest BCUT2D eigenvalue weighted by molar-refractivity contribution is 8.00. The average molecular weight is 478 g/mol. The summed E-state index contributed by atoms with van der Waals surface area (Å²) in [6.45, 7) is 2.81. The number of nitrogens with zero attached hydrogens (tertiary/aromatic N) is 3. The molecule has 2 aromatic rings. The van der Waals surface area contributed by atoms with Gasteiger partial charge in [0.1, 0.15) is 6.54 Å². The number of carbonyl (C=O) groups excluding carboxylic acids is 3. The minimum Gasteiger partial charge on any atom is -0.339 e. The second-order valence-electron chi connectivity index (χ2n) is 7.85. The number of hydrogen-bond donors (Lipinski definition) is 1. The lowest BCUT2D eigenvalue weighted by atomic mass is 10.1.